The maximum absolute atomic E-state index is 6.12. The fourth-order valence-corrected chi connectivity index (χ4v) is 2.60. The van der Waals surface area contributed by atoms with E-state index in [0.29, 0.717) is 18.2 Å². The lowest BCUT2D eigenvalue weighted by atomic mass is 10.1. The number of hydrogen-bond donors (Lipinski definition) is 1. The first-order chi connectivity index (χ1) is 8.52. The van der Waals surface area contributed by atoms with Gasteiger partial charge in [0.15, 0.2) is 0 Å². The number of likely N-dealkylation sites (N-methyl/N-ethyl adjacent to an activating group) is 1. The second-order valence-electron chi connectivity index (χ2n) is 6.21. The van der Waals surface area contributed by atoms with E-state index >= 15 is 0 Å². The van der Waals surface area contributed by atoms with Crippen LogP contribution in [0.2, 0.25) is 0 Å². The zero-order chi connectivity index (χ0) is 13.5. The summed E-state index contributed by atoms with van der Waals surface area (Å²) in [5.74, 6) is 0.728. The smallest absolute Gasteiger partial charge is 0.0707 e. The van der Waals surface area contributed by atoms with Crippen LogP contribution < -0.4 is 5.32 Å². The van der Waals surface area contributed by atoms with Gasteiger partial charge in [-0.3, -0.25) is 4.90 Å². The minimum Gasteiger partial charge on any atom is -0.372 e. The summed E-state index contributed by atoms with van der Waals surface area (Å²) in [5.41, 5.74) is 0. The summed E-state index contributed by atoms with van der Waals surface area (Å²) >= 11 is 0. The molecule has 3 nitrogen and oxygen atoms in total. The molecular weight excluding hydrogens is 224 g/mol. The summed E-state index contributed by atoms with van der Waals surface area (Å²) in [5, 5.41) is 3.38. The molecule has 0 aromatic heterocycles. The maximum Gasteiger partial charge on any atom is 0.0707 e. The topological polar surface area (TPSA) is 24.5 Å². The van der Waals surface area contributed by atoms with Crippen LogP contribution in [-0.4, -0.2) is 49.3 Å². The third-order valence-electron chi connectivity index (χ3n) is 3.59. The van der Waals surface area contributed by atoms with E-state index < -0.39 is 0 Å². The fourth-order valence-electron chi connectivity index (χ4n) is 2.60. The molecule has 0 bridgehead atoms. The van der Waals surface area contributed by atoms with Crippen molar-refractivity contribution in [3.05, 3.63) is 0 Å². The van der Waals surface area contributed by atoms with Crippen LogP contribution >= 0.6 is 0 Å². The van der Waals surface area contributed by atoms with Gasteiger partial charge in [-0.05, 0) is 39.2 Å². The van der Waals surface area contributed by atoms with Gasteiger partial charge in [-0.2, -0.15) is 0 Å². The molecule has 0 aromatic rings. The number of nitrogens with one attached hydrogen (secondary N) is 1. The number of nitrogens with zero attached hydrogens (tertiary/aromatic N) is 1. The molecule has 0 radical (unpaired) electrons. The zero-order valence-electron chi connectivity index (χ0n) is 12.9. The molecule has 1 fully saturated rings. The van der Waals surface area contributed by atoms with E-state index in [2.05, 4.69) is 44.8 Å². The lowest BCUT2D eigenvalue weighted by Crippen LogP contribution is -2.40. The van der Waals surface area contributed by atoms with Crippen molar-refractivity contribution >= 4 is 0 Å². The molecule has 0 spiro atoms. The molecule has 0 saturated carbocycles. The summed E-state index contributed by atoms with van der Waals surface area (Å²) < 4.78 is 6.12. The molecule has 0 aromatic carbocycles. The molecule has 108 valence electrons. The molecule has 1 aliphatic heterocycles. The lowest BCUT2D eigenvalue weighted by Gasteiger charge is -2.30. The van der Waals surface area contributed by atoms with Crippen LogP contribution in [0.1, 0.15) is 47.5 Å². The third-order valence-corrected chi connectivity index (χ3v) is 3.59. The van der Waals surface area contributed by atoms with Crippen LogP contribution in [-0.2, 0) is 4.74 Å². The minimum atomic E-state index is 0.433. The van der Waals surface area contributed by atoms with E-state index in [1.54, 1.807) is 0 Å². The van der Waals surface area contributed by atoms with E-state index in [0.717, 1.165) is 25.6 Å². The Balaban J connectivity index is 2.32. The molecule has 1 aliphatic rings. The summed E-state index contributed by atoms with van der Waals surface area (Å²) in [7, 11) is 0. The second-order valence-corrected chi connectivity index (χ2v) is 6.21. The fraction of sp³-hybridized carbons (Fsp3) is 1.00. The summed E-state index contributed by atoms with van der Waals surface area (Å²) in [6, 6.07) is 0.615. The molecule has 1 heterocycles. The van der Waals surface area contributed by atoms with Crippen molar-refractivity contribution in [1.29, 1.82) is 0 Å². The monoisotopic (exact) mass is 256 g/mol. The predicted molar refractivity (Wildman–Crippen MR) is 78.0 cm³/mol. The van der Waals surface area contributed by atoms with Gasteiger partial charge in [-0.15, -0.1) is 0 Å². The van der Waals surface area contributed by atoms with Crippen molar-refractivity contribution in [2.75, 3.05) is 26.2 Å². The Bertz CT molecular complexity index is 219. The first-order valence-corrected chi connectivity index (χ1v) is 7.63. The van der Waals surface area contributed by atoms with Gasteiger partial charge < -0.3 is 10.1 Å². The van der Waals surface area contributed by atoms with Gasteiger partial charge in [0.25, 0.3) is 0 Å². The van der Waals surface area contributed by atoms with Crippen LogP contribution in [0.5, 0.6) is 0 Å². The highest BCUT2D eigenvalue weighted by Crippen LogP contribution is 2.21. The Labute approximate surface area is 113 Å². The number of ether oxygens (including phenoxy) is 1. The summed E-state index contributed by atoms with van der Waals surface area (Å²) in [4.78, 5) is 2.56. The first kappa shape index (κ1) is 15.9. The third kappa shape index (κ3) is 5.68. The predicted octanol–water partition coefficient (Wildman–Crippen LogP) is 2.51. The number of hydrogen-bond acceptors (Lipinski definition) is 3. The van der Waals surface area contributed by atoms with Crippen LogP contribution in [0.4, 0.5) is 0 Å². The summed E-state index contributed by atoms with van der Waals surface area (Å²) in [6.45, 7) is 15.6. The molecule has 18 heavy (non-hydrogen) atoms. The van der Waals surface area contributed by atoms with Crippen molar-refractivity contribution in [3.8, 4) is 0 Å². The molecular formula is C15H32N2O. The quantitative estimate of drug-likeness (QED) is 0.722. The second kappa shape index (κ2) is 8.13. The van der Waals surface area contributed by atoms with Crippen LogP contribution in [0.25, 0.3) is 0 Å². The van der Waals surface area contributed by atoms with E-state index in [-0.39, 0.29) is 0 Å². The number of rotatable bonds is 8. The standard InChI is InChI=1S/C15H32N2O/c1-6-16-9-14-7-8-15(18-14)11-17(13(4)5)10-12(2)3/h12-16H,6-11H2,1-5H3. The van der Waals surface area contributed by atoms with Crippen molar-refractivity contribution < 1.29 is 4.74 Å². The summed E-state index contributed by atoms with van der Waals surface area (Å²) in [6.07, 6.45) is 3.31. The maximum atomic E-state index is 6.12. The van der Waals surface area contributed by atoms with E-state index in [1.165, 1.54) is 19.4 Å². The van der Waals surface area contributed by atoms with Gasteiger partial charge in [0.05, 0.1) is 12.2 Å². The SMILES string of the molecule is CCNCC1CCC(CN(CC(C)C)C(C)C)O1. The first-order valence-electron chi connectivity index (χ1n) is 7.63. The van der Waals surface area contributed by atoms with E-state index in [1.807, 2.05) is 0 Å². The van der Waals surface area contributed by atoms with Gasteiger partial charge in [0.2, 0.25) is 0 Å². The Kier molecular flexibility index (Phi) is 7.20. The van der Waals surface area contributed by atoms with Crippen LogP contribution in [0.15, 0.2) is 0 Å². The highest BCUT2D eigenvalue weighted by molar-refractivity contribution is 4.79. The molecule has 2 atom stereocenters. The van der Waals surface area contributed by atoms with E-state index in [4.69, 9.17) is 4.74 Å². The van der Waals surface area contributed by atoms with Crippen LogP contribution in [0.3, 0.4) is 0 Å². The largest absolute Gasteiger partial charge is 0.372 e. The molecule has 1 saturated heterocycles. The lowest BCUT2D eigenvalue weighted by molar-refractivity contribution is 0.0150. The Morgan fingerprint density at radius 3 is 2.39 bits per heavy atom. The Morgan fingerprint density at radius 2 is 1.83 bits per heavy atom. The molecule has 0 aliphatic carbocycles. The van der Waals surface area contributed by atoms with Gasteiger partial charge in [-0.25, -0.2) is 0 Å². The molecule has 2 unspecified atom stereocenters. The normalized spacial score (nSPS) is 24.7. The molecule has 0 amide bonds. The van der Waals surface area contributed by atoms with Gasteiger partial charge in [0, 0.05) is 25.7 Å². The minimum absolute atomic E-state index is 0.433. The van der Waals surface area contributed by atoms with Gasteiger partial charge >= 0.3 is 0 Å². The Morgan fingerprint density at radius 1 is 1.17 bits per heavy atom. The van der Waals surface area contributed by atoms with Crippen LogP contribution in [0, 0.1) is 5.92 Å². The highest BCUT2D eigenvalue weighted by atomic mass is 16.5. The molecule has 1 N–H and O–H groups in total. The van der Waals surface area contributed by atoms with Crippen molar-refractivity contribution in [1.82, 2.24) is 10.2 Å². The zero-order valence-corrected chi connectivity index (χ0v) is 12.9. The molecule has 1 rings (SSSR count). The highest BCUT2D eigenvalue weighted by Gasteiger charge is 2.27. The average molecular weight is 256 g/mol. The average Bonchev–Trinajstić information content (AvgIpc) is 2.72. The van der Waals surface area contributed by atoms with Crippen molar-refractivity contribution in [2.45, 2.75) is 65.7 Å². The Hall–Kier alpha value is -0.120. The van der Waals surface area contributed by atoms with Crippen molar-refractivity contribution in [3.63, 3.8) is 0 Å². The van der Waals surface area contributed by atoms with Gasteiger partial charge in [-0.1, -0.05) is 20.8 Å². The van der Waals surface area contributed by atoms with E-state index in [9.17, 15) is 0 Å². The molecule has 3 heteroatoms. The van der Waals surface area contributed by atoms with Gasteiger partial charge in [0.1, 0.15) is 0 Å². The van der Waals surface area contributed by atoms with Crippen molar-refractivity contribution in [2.24, 2.45) is 5.92 Å².